The Morgan fingerprint density at radius 2 is 2.13 bits per heavy atom. The van der Waals surface area contributed by atoms with E-state index in [1.807, 2.05) is 30.3 Å². The van der Waals surface area contributed by atoms with Crippen LogP contribution in [0.1, 0.15) is 0 Å². The maximum absolute atomic E-state index is 10.8. The number of nitrogens with zero attached hydrogens (tertiary/aromatic N) is 1. The highest BCUT2D eigenvalue weighted by atomic mass is 16.4. The van der Waals surface area contributed by atoms with Crippen LogP contribution in [0.5, 0.6) is 0 Å². The van der Waals surface area contributed by atoms with Crippen LogP contribution in [0.3, 0.4) is 0 Å². The molecule has 1 aliphatic heterocycles. The first kappa shape index (κ1) is 9.98. The Balaban J connectivity index is 2.08. The minimum Gasteiger partial charge on any atom is -0.480 e. The molecule has 2 rings (SSSR count). The summed E-state index contributed by atoms with van der Waals surface area (Å²) in [7, 11) is 0. The van der Waals surface area contributed by atoms with Crippen LogP contribution in [-0.2, 0) is 4.79 Å². The molecular formula is C11H14N2O2. The lowest BCUT2D eigenvalue weighted by molar-refractivity contribution is -0.139. The molecule has 80 valence electrons. The number of anilines is 1. The molecule has 0 aliphatic carbocycles. The molecule has 0 saturated carbocycles. The lowest BCUT2D eigenvalue weighted by Gasteiger charge is -2.33. The van der Waals surface area contributed by atoms with Crippen molar-refractivity contribution >= 4 is 11.7 Å². The van der Waals surface area contributed by atoms with Gasteiger partial charge in [-0.25, -0.2) is 0 Å². The van der Waals surface area contributed by atoms with Crippen molar-refractivity contribution in [1.29, 1.82) is 0 Å². The van der Waals surface area contributed by atoms with E-state index in [1.54, 1.807) is 0 Å². The van der Waals surface area contributed by atoms with E-state index in [4.69, 9.17) is 5.11 Å². The van der Waals surface area contributed by atoms with Gasteiger partial charge >= 0.3 is 5.97 Å². The maximum Gasteiger partial charge on any atom is 0.322 e. The number of carboxylic acid groups (broad SMARTS) is 1. The maximum atomic E-state index is 10.8. The first-order valence-corrected chi connectivity index (χ1v) is 5.03. The predicted octanol–water partition coefficient (Wildman–Crippen LogP) is 0.549. The van der Waals surface area contributed by atoms with E-state index >= 15 is 0 Å². The van der Waals surface area contributed by atoms with Crippen molar-refractivity contribution < 1.29 is 9.90 Å². The van der Waals surface area contributed by atoms with Gasteiger partial charge in [0.15, 0.2) is 0 Å². The summed E-state index contributed by atoms with van der Waals surface area (Å²) >= 11 is 0. The largest absolute Gasteiger partial charge is 0.480 e. The second-order valence-electron chi connectivity index (χ2n) is 3.63. The summed E-state index contributed by atoms with van der Waals surface area (Å²) in [6.45, 7) is 2.10. The number of rotatable bonds is 2. The Hall–Kier alpha value is -1.55. The Morgan fingerprint density at radius 1 is 1.40 bits per heavy atom. The molecule has 0 spiro atoms. The van der Waals surface area contributed by atoms with E-state index in [1.165, 1.54) is 0 Å². The molecule has 4 heteroatoms. The highest BCUT2D eigenvalue weighted by Gasteiger charge is 2.24. The molecule has 1 aromatic rings. The molecule has 0 radical (unpaired) electrons. The van der Waals surface area contributed by atoms with E-state index in [0.717, 1.165) is 12.2 Å². The van der Waals surface area contributed by atoms with E-state index in [2.05, 4.69) is 10.2 Å². The number of benzene rings is 1. The second-order valence-corrected chi connectivity index (χ2v) is 3.63. The summed E-state index contributed by atoms with van der Waals surface area (Å²) in [5, 5.41) is 11.9. The Morgan fingerprint density at radius 3 is 2.80 bits per heavy atom. The second kappa shape index (κ2) is 4.31. The van der Waals surface area contributed by atoms with Crippen LogP contribution in [0, 0.1) is 0 Å². The molecule has 2 N–H and O–H groups in total. The number of piperazine rings is 1. The molecule has 0 amide bonds. The normalized spacial score (nSPS) is 21.3. The molecular weight excluding hydrogens is 192 g/mol. The molecule has 1 saturated heterocycles. The van der Waals surface area contributed by atoms with Crippen molar-refractivity contribution in [2.45, 2.75) is 6.04 Å². The van der Waals surface area contributed by atoms with Gasteiger partial charge in [-0.1, -0.05) is 18.2 Å². The first-order valence-electron chi connectivity index (χ1n) is 5.03. The summed E-state index contributed by atoms with van der Waals surface area (Å²) in [5.41, 5.74) is 1.09. The van der Waals surface area contributed by atoms with Crippen LogP contribution in [0.2, 0.25) is 0 Å². The minimum absolute atomic E-state index is 0.459. The van der Waals surface area contributed by atoms with Gasteiger partial charge in [0.05, 0.1) is 0 Å². The highest BCUT2D eigenvalue weighted by molar-refractivity contribution is 5.74. The van der Waals surface area contributed by atoms with Crippen molar-refractivity contribution in [3.63, 3.8) is 0 Å². The number of nitrogens with one attached hydrogen (secondary N) is 1. The number of hydrogen-bond donors (Lipinski definition) is 2. The van der Waals surface area contributed by atoms with Gasteiger partial charge in [0, 0.05) is 25.3 Å². The SMILES string of the molecule is O=C(O)[C@@H]1CN(c2ccccc2)CCN1. The third-order valence-electron chi connectivity index (χ3n) is 2.59. The lowest BCUT2D eigenvalue weighted by Crippen LogP contribution is -2.54. The smallest absolute Gasteiger partial charge is 0.322 e. The van der Waals surface area contributed by atoms with Crippen molar-refractivity contribution in [3.8, 4) is 0 Å². The molecule has 1 aromatic carbocycles. The number of aliphatic carboxylic acids is 1. The van der Waals surface area contributed by atoms with Gasteiger partial charge in [-0.2, -0.15) is 0 Å². The lowest BCUT2D eigenvalue weighted by atomic mass is 10.2. The van der Waals surface area contributed by atoms with Gasteiger partial charge in [-0.3, -0.25) is 4.79 Å². The fourth-order valence-corrected chi connectivity index (χ4v) is 1.79. The van der Waals surface area contributed by atoms with Crippen molar-refractivity contribution in [2.75, 3.05) is 24.5 Å². The van der Waals surface area contributed by atoms with Gasteiger partial charge in [0.1, 0.15) is 6.04 Å². The Bertz CT molecular complexity index is 340. The quantitative estimate of drug-likeness (QED) is 0.742. The molecule has 1 heterocycles. The Labute approximate surface area is 88.5 Å². The van der Waals surface area contributed by atoms with Crippen LogP contribution in [-0.4, -0.2) is 36.8 Å². The topological polar surface area (TPSA) is 52.6 Å². The fourth-order valence-electron chi connectivity index (χ4n) is 1.79. The molecule has 4 nitrogen and oxygen atoms in total. The van der Waals surface area contributed by atoms with E-state index in [0.29, 0.717) is 13.1 Å². The highest BCUT2D eigenvalue weighted by Crippen LogP contribution is 2.14. The van der Waals surface area contributed by atoms with Crippen molar-refractivity contribution in [3.05, 3.63) is 30.3 Å². The van der Waals surface area contributed by atoms with Gasteiger partial charge in [0.2, 0.25) is 0 Å². The number of carbonyl (C=O) groups is 1. The number of para-hydroxylation sites is 1. The van der Waals surface area contributed by atoms with Gasteiger partial charge in [-0.05, 0) is 12.1 Å². The molecule has 1 atom stereocenters. The first-order chi connectivity index (χ1) is 7.27. The molecule has 0 unspecified atom stereocenters. The third-order valence-corrected chi connectivity index (χ3v) is 2.59. The van der Waals surface area contributed by atoms with Crippen molar-refractivity contribution in [1.82, 2.24) is 5.32 Å². The average Bonchev–Trinajstić information content (AvgIpc) is 2.30. The van der Waals surface area contributed by atoms with Crippen LogP contribution in [0.25, 0.3) is 0 Å². The number of carboxylic acids is 1. The van der Waals surface area contributed by atoms with Crippen LogP contribution in [0.15, 0.2) is 30.3 Å². The summed E-state index contributed by atoms with van der Waals surface area (Å²) in [4.78, 5) is 12.9. The molecule has 0 bridgehead atoms. The van der Waals surface area contributed by atoms with E-state index < -0.39 is 12.0 Å². The summed E-state index contributed by atoms with van der Waals surface area (Å²) in [6.07, 6.45) is 0. The third kappa shape index (κ3) is 2.27. The minimum atomic E-state index is -0.782. The fraction of sp³-hybridized carbons (Fsp3) is 0.364. The molecule has 0 aromatic heterocycles. The van der Waals surface area contributed by atoms with Crippen LogP contribution >= 0.6 is 0 Å². The summed E-state index contributed by atoms with van der Waals surface area (Å²) < 4.78 is 0. The van der Waals surface area contributed by atoms with Gasteiger partial charge in [0.25, 0.3) is 0 Å². The monoisotopic (exact) mass is 206 g/mol. The van der Waals surface area contributed by atoms with Crippen LogP contribution < -0.4 is 10.2 Å². The van der Waals surface area contributed by atoms with E-state index in [9.17, 15) is 4.79 Å². The molecule has 1 fully saturated rings. The van der Waals surface area contributed by atoms with Crippen molar-refractivity contribution in [2.24, 2.45) is 0 Å². The summed E-state index contributed by atoms with van der Waals surface area (Å²) in [5.74, 6) is -0.782. The van der Waals surface area contributed by atoms with Gasteiger partial charge in [-0.15, -0.1) is 0 Å². The standard InChI is InChI=1S/C11H14N2O2/c14-11(15)10-8-13(7-6-12-10)9-4-2-1-3-5-9/h1-5,10,12H,6-8H2,(H,14,15)/t10-/m0/s1. The summed E-state index contributed by atoms with van der Waals surface area (Å²) in [6, 6.07) is 9.44. The van der Waals surface area contributed by atoms with Crippen LogP contribution in [0.4, 0.5) is 5.69 Å². The van der Waals surface area contributed by atoms with Gasteiger partial charge < -0.3 is 15.3 Å². The Kier molecular flexibility index (Phi) is 2.87. The molecule has 15 heavy (non-hydrogen) atoms. The molecule has 1 aliphatic rings. The zero-order valence-electron chi connectivity index (χ0n) is 8.39. The number of hydrogen-bond acceptors (Lipinski definition) is 3. The predicted molar refractivity (Wildman–Crippen MR) is 58.1 cm³/mol. The zero-order chi connectivity index (χ0) is 10.7. The average molecular weight is 206 g/mol. The zero-order valence-corrected chi connectivity index (χ0v) is 8.39. The van der Waals surface area contributed by atoms with E-state index in [-0.39, 0.29) is 0 Å².